The topological polar surface area (TPSA) is 83.6 Å². The lowest BCUT2D eigenvalue weighted by molar-refractivity contribution is 0.0693. The van der Waals surface area contributed by atoms with Crippen molar-refractivity contribution < 1.29 is 15.0 Å². The molecule has 0 aromatic heterocycles. The first kappa shape index (κ1) is 17.3. The van der Waals surface area contributed by atoms with Gasteiger partial charge in [-0.25, -0.2) is 4.79 Å². The van der Waals surface area contributed by atoms with Gasteiger partial charge in [-0.3, -0.25) is 0 Å². The first-order valence-electron chi connectivity index (χ1n) is 6.52. The van der Waals surface area contributed by atoms with E-state index in [1.54, 1.807) is 0 Å². The molecule has 0 saturated heterocycles. The van der Waals surface area contributed by atoms with Crippen LogP contribution >= 0.6 is 28.3 Å². The molecule has 0 spiro atoms. The lowest BCUT2D eigenvalue weighted by Gasteiger charge is -2.29. The molecule has 0 bridgehead atoms. The van der Waals surface area contributed by atoms with Crippen molar-refractivity contribution in [3.8, 4) is 5.75 Å². The van der Waals surface area contributed by atoms with Crippen molar-refractivity contribution >= 4 is 34.3 Å². The molecule has 6 heteroatoms. The average Bonchev–Trinajstić information content (AvgIpc) is 2.41. The van der Waals surface area contributed by atoms with Crippen LogP contribution in [0, 0.1) is 5.92 Å². The minimum Gasteiger partial charge on any atom is -0.506 e. The summed E-state index contributed by atoms with van der Waals surface area (Å²) < 4.78 is 0.485. The Bertz CT molecular complexity index is 490. The Labute approximate surface area is 132 Å². The number of phenolic OH excluding ortho intramolecular Hbond substituents is 1. The largest absolute Gasteiger partial charge is 0.506 e. The molecular weight excluding hydrogens is 346 g/mol. The lowest BCUT2D eigenvalue weighted by Crippen LogP contribution is -2.25. The highest BCUT2D eigenvalue weighted by molar-refractivity contribution is 9.10. The van der Waals surface area contributed by atoms with E-state index in [2.05, 4.69) is 15.9 Å². The summed E-state index contributed by atoms with van der Waals surface area (Å²) in [4.78, 5) is 11.3. The Balaban J connectivity index is 0.00000200. The molecule has 1 saturated carbocycles. The Morgan fingerprint density at radius 3 is 2.45 bits per heavy atom. The monoisotopic (exact) mass is 363 g/mol. The van der Waals surface area contributed by atoms with Gasteiger partial charge in [-0.1, -0.05) is 19.3 Å². The van der Waals surface area contributed by atoms with Gasteiger partial charge in [0.15, 0.2) is 0 Å². The molecular formula is C14H19BrClNO3. The Hall–Kier alpha value is -0.780. The molecule has 4 N–H and O–H groups in total. The fourth-order valence-electron chi connectivity index (χ4n) is 2.83. The maximum atomic E-state index is 11.3. The second-order valence-corrected chi connectivity index (χ2v) is 5.94. The number of nitrogens with two attached hydrogens (primary N) is 1. The van der Waals surface area contributed by atoms with Crippen LogP contribution < -0.4 is 5.73 Å². The van der Waals surface area contributed by atoms with Crippen LogP contribution in [0.15, 0.2) is 16.6 Å². The Kier molecular flexibility index (Phi) is 6.30. The molecule has 1 aliphatic rings. The van der Waals surface area contributed by atoms with Crippen molar-refractivity contribution in [2.24, 2.45) is 11.7 Å². The second-order valence-electron chi connectivity index (χ2n) is 5.09. The number of carboxylic acids is 1. The zero-order valence-corrected chi connectivity index (χ0v) is 13.4. The quantitative estimate of drug-likeness (QED) is 0.760. The zero-order chi connectivity index (χ0) is 14.0. The summed E-state index contributed by atoms with van der Waals surface area (Å²) in [7, 11) is 0. The van der Waals surface area contributed by atoms with Gasteiger partial charge in [0, 0.05) is 11.6 Å². The van der Waals surface area contributed by atoms with Crippen LogP contribution in [0.3, 0.4) is 0 Å². The van der Waals surface area contributed by atoms with Crippen molar-refractivity contribution in [1.82, 2.24) is 0 Å². The number of halogens is 2. The SMILES string of the molecule is Cl.N[C@@H](c1c(C(=O)O)ccc(Br)c1O)C1CCCCC1. The minimum atomic E-state index is -1.05. The molecule has 1 aliphatic carbocycles. The van der Waals surface area contributed by atoms with E-state index in [0.29, 0.717) is 10.0 Å². The van der Waals surface area contributed by atoms with E-state index in [4.69, 9.17) is 5.73 Å². The van der Waals surface area contributed by atoms with Crippen LogP contribution in [-0.4, -0.2) is 16.2 Å². The number of aromatic hydroxyl groups is 1. The van der Waals surface area contributed by atoms with E-state index >= 15 is 0 Å². The number of phenols is 1. The molecule has 1 fully saturated rings. The number of benzene rings is 1. The molecule has 2 rings (SSSR count). The summed E-state index contributed by atoms with van der Waals surface area (Å²) >= 11 is 3.22. The van der Waals surface area contributed by atoms with E-state index in [1.807, 2.05) is 0 Å². The predicted octanol–water partition coefficient (Wildman–Crippen LogP) is 3.85. The van der Waals surface area contributed by atoms with Crippen molar-refractivity contribution in [2.45, 2.75) is 38.1 Å². The van der Waals surface area contributed by atoms with Crippen LogP contribution in [0.1, 0.15) is 54.1 Å². The Morgan fingerprint density at radius 2 is 1.90 bits per heavy atom. The summed E-state index contributed by atoms with van der Waals surface area (Å²) in [5.41, 5.74) is 6.69. The third-order valence-electron chi connectivity index (χ3n) is 3.89. The van der Waals surface area contributed by atoms with Gasteiger partial charge < -0.3 is 15.9 Å². The summed E-state index contributed by atoms with van der Waals surface area (Å²) in [6, 6.07) is 2.60. The Morgan fingerprint density at radius 1 is 1.30 bits per heavy atom. The predicted molar refractivity (Wildman–Crippen MR) is 83.5 cm³/mol. The first-order chi connectivity index (χ1) is 9.02. The van der Waals surface area contributed by atoms with Gasteiger partial charge in [-0.05, 0) is 46.8 Å². The van der Waals surface area contributed by atoms with Crippen LogP contribution in [-0.2, 0) is 0 Å². The normalized spacial score (nSPS) is 17.3. The van der Waals surface area contributed by atoms with Crippen LogP contribution in [0.2, 0.25) is 0 Å². The molecule has 0 unspecified atom stereocenters. The molecule has 1 atom stereocenters. The number of carboxylic acid groups (broad SMARTS) is 1. The van der Waals surface area contributed by atoms with Gasteiger partial charge in [-0.2, -0.15) is 0 Å². The molecule has 4 nitrogen and oxygen atoms in total. The van der Waals surface area contributed by atoms with Gasteiger partial charge in [-0.15, -0.1) is 12.4 Å². The molecule has 112 valence electrons. The van der Waals surface area contributed by atoms with E-state index in [-0.39, 0.29) is 29.6 Å². The highest BCUT2D eigenvalue weighted by Gasteiger charge is 2.28. The van der Waals surface area contributed by atoms with E-state index in [0.717, 1.165) is 25.7 Å². The third kappa shape index (κ3) is 3.45. The molecule has 1 aromatic rings. The van der Waals surface area contributed by atoms with Gasteiger partial charge in [0.2, 0.25) is 0 Å². The van der Waals surface area contributed by atoms with Gasteiger partial charge in [0.25, 0.3) is 0 Å². The van der Waals surface area contributed by atoms with E-state index in [1.165, 1.54) is 18.6 Å². The fourth-order valence-corrected chi connectivity index (χ4v) is 3.18. The number of aromatic carboxylic acids is 1. The van der Waals surface area contributed by atoms with Gasteiger partial charge in [0.05, 0.1) is 10.0 Å². The van der Waals surface area contributed by atoms with Crippen LogP contribution in [0.5, 0.6) is 5.75 Å². The summed E-state index contributed by atoms with van der Waals surface area (Å²) in [5.74, 6) is -0.853. The summed E-state index contributed by atoms with van der Waals surface area (Å²) in [6.07, 6.45) is 5.43. The summed E-state index contributed by atoms with van der Waals surface area (Å²) in [6.45, 7) is 0. The lowest BCUT2D eigenvalue weighted by atomic mass is 9.80. The molecule has 0 amide bonds. The summed E-state index contributed by atoms with van der Waals surface area (Å²) in [5, 5.41) is 19.4. The van der Waals surface area contributed by atoms with Crippen LogP contribution in [0.4, 0.5) is 0 Å². The smallest absolute Gasteiger partial charge is 0.336 e. The molecule has 0 aliphatic heterocycles. The molecule has 1 aromatic carbocycles. The fraction of sp³-hybridized carbons (Fsp3) is 0.500. The van der Waals surface area contributed by atoms with E-state index in [9.17, 15) is 15.0 Å². The number of rotatable bonds is 3. The first-order valence-corrected chi connectivity index (χ1v) is 7.32. The van der Waals surface area contributed by atoms with Crippen molar-refractivity contribution in [1.29, 1.82) is 0 Å². The number of hydrogen-bond donors (Lipinski definition) is 3. The molecule has 20 heavy (non-hydrogen) atoms. The second kappa shape index (κ2) is 7.29. The highest BCUT2D eigenvalue weighted by atomic mass is 79.9. The van der Waals surface area contributed by atoms with Gasteiger partial charge in [0.1, 0.15) is 5.75 Å². The zero-order valence-electron chi connectivity index (χ0n) is 11.0. The maximum absolute atomic E-state index is 11.3. The third-order valence-corrected chi connectivity index (χ3v) is 4.53. The minimum absolute atomic E-state index is 0. The van der Waals surface area contributed by atoms with Gasteiger partial charge >= 0.3 is 5.97 Å². The van der Waals surface area contributed by atoms with Crippen molar-refractivity contribution in [3.05, 3.63) is 27.7 Å². The number of hydrogen-bond acceptors (Lipinski definition) is 3. The highest BCUT2D eigenvalue weighted by Crippen LogP contribution is 2.40. The van der Waals surface area contributed by atoms with Crippen molar-refractivity contribution in [3.63, 3.8) is 0 Å². The van der Waals surface area contributed by atoms with E-state index < -0.39 is 12.0 Å². The maximum Gasteiger partial charge on any atom is 0.336 e. The molecule has 0 radical (unpaired) electrons. The average molecular weight is 365 g/mol. The van der Waals surface area contributed by atoms with Crippen LogP contribution in [0.25, 0.3) is 0 Å². The van der Waals surface area contributed by atoms with Crippen molar-refractivity contribution in [2.75, 3.05) is 0 Å². The standard InChI is InChI=1S/C14H18BrNO3.ClH/c15-10-7-6-9(14(18)19)11(13(10)17)12(16)8-4-2-1-3-5-8;/h6-8,12,17H,1-5,16H2,(H,18,19);1H/t12-;/m1./s1. The molecule has 0 heterocycles. The number of carbonyl (C=O) groups is 1.